The zero-order valence-corrected chi connectivity index (χ0v) is 12.6. The summed E-state index contributed by atoms with van der Waals surface area (Å²) in [6.45, 7) is 1.93. The molecule has 2 fully saturated rings. The predicted octanol–water partition coefficient (Wildman–Crippen LogP) is 2.51. The molecule has 0 aliphatic heterocycles. The van der Waals surface area contributed by atoms with E-state index in [0.717, 1.165) is 24.8 Å². The Morgan fingerprint density at radius 2 is 1.70 bits per heavy atom. The molecule has 5 heteroatoms. The molecule has 0 aromatic heterocycles. The van der Waals surface area contributed by atoms with Gasteiger partial charge in [0.25, 0.3) is 10.1 Å². The molecule has 0 saturated heterocycles. The molecule has 2 saturated carbocycles. The Bertz CT molecular complexity index is 578. The van der Waals surface area contributed by atoms with E-state index in [9.17, 15) is 8.42 Å². The number of fused-ring (bicyclic) bond motifs is 2. The first-order valence-corrected chi connectivity index (χ1v) is 8.43. The molecule has 4 atom stereocenters. The molecule has 4 nitrogen and oxygen atoms in total. The lowest BCUT2D eigenvalue weighted by Gasteiger charge is -2.27. The van der Waals surface area contributed by atoms with Crippen LogP contribution in [0.15, 0.2) is 29.2 Å². The van der Waals surface area contributed by atoms with Crippen molar-refractivity contribution in [2.75, 3.05) is 7.11 Å². The van der Waals surface area contributed by atoms with Crippen LogP contribution in [0.4, 0.5) is 0 Å². The van der Waals surface area contributed by atoms with Gasteiger partial charge in [-0.2, -0.15) is 8.42 Å². The van der Waals surface area contributed by atoms with Crippen molar-refractivity contribution in [1.82, 2.24) is 0 Å². The summed E-state index contributed by atoms with van der Waals surface area (Å²) in [5.74, 6) is 0.758. The van der Waals surface area contributed by atoms with Gasteiger partial charge in [0.05, 0.1) is 17.1 Å². The van der Waals surface area contributed by atoms with Crippen LogP contribution in [-0.2, 0) is 19.0 Å². The highest BCUT2D eigenvalue weighted by atomic mass is 32.2. The smallest absolute Gasteiger partial charge is 0.297 e. The normalized spacial score (nSPS) is 32.7. The van der Waals surface area contributed by atoms with E-state index in [-0.39, 0.29) is 23.0 Å². The van der Waals surface area contributed by atoms with E-state index in [1.165, 1.54) is 0 Å². The van der Waals surface area contributed by atoms with Crippen LogP contribution < -0.4 is 0 Å². The lowest BCUT2D eigenvalue weighted by molar-refractivity contribution is 0.00513. The molecule has 110 valence electrons. The van der Waals surface area contributed by atoms with Crippen molar-refractivity contribution in [3.05, 3.63) is 29.8 Å². The maximum Gasteiger partial charge on any atom is 0.297 e. The van der Waals surface area contributed by atoms with E-state index < -0.39 is 10.1 Å². The first kappa shape index (κ1) is 14.0. The molecule has 1 aromatic carbocycles. The zero-order chi connectivity index (χ0) is 14.3. The highest BCUT2D eigenvalue weighted by Crippen LogP contribution is 2.48. The molecular formula is C15H20O4S. The third kappa shape index (κ3) is 2.50. The zero-order valence-electron chi connectivity index (χ0n) is 11.8. The van der Waals surface area contributed by atoms with E-state index >= 15 is 0 Å². The van der Waals surface area contributed by atoms with Crippen LogP contribution in [0, 0.1) is 18.8 Å². The number of hydrogen-bond acceptors (Lipinski definition) is 4. The summed E-state index contributed by atoms with van der Waals surface area (Å²) < 4.78 is 35.5. The van der Waals surface area contributed by atoms with E-state index in [1.54, 1.807) is 31.4 Å². The second-order valence-corrected chi connectivity index (χ2v) is 7.49. The van der Waals surface area contributed by atoms with Gasteiger partial charge >= 0.3 is 0 Å². The maximum absolute atomic E-state index is 12.3. The summed E-state index contributed by atoms with van der Waals surface area (Å²) in [6, 6.07) is 6.78. The number of rotatable bonds is 4. The Kier molecular flexibility index (Phi) is 3.60. The first-order valence-electron chi connectivity index (χ1n) is 7.02. The van der Waals surface area contributed by atoms with Crippen molar-refractivity contribution in [2.45, 2.75) is 43.3 Å². The predicted molar refractivity (Wildman–Crippen MR) is 74.9 cm³/mol. The molecule has 0 amide bonds. The Labute approximate surface area is 120 Å². The van der Waals surface area contributed by atoms with Gasteiger partial charge in [-0.25, -0.2) is 0 Å². The van der Waals surface area contributed by atoms with Gasteiger partial charge in [0, 0.05) is 13.0 Å². The molecule has 0 spiro atoms. The summed E-state index contributed by atoms with van der Waals surface area (Å²) in [5, 5.41) is 0. The van der Waals surface area contributed by atoms with Gasteiger partial charge in [-0.1, -0.05) is 17.7 Å². The average molecular weight is 296 g/mol. The van der Waals surface area contributed by atoms with Crippen LogP contribution >= 0.6 is 0 Å². The third-order valence-electron chi connectivity index (χ3n) is 4.55. The molecule has 2 bridgehead atoms. The van der Waals surface area contributed by atoms with Crippen LogP contribution in [0.5, 0.6) is 0 Å². The van der Waals surface area contributed by atoms with Crippen LogP contribution in [0.2, 0.25) is 0 Å². The second-order valence-electron chi connectivity index (χ2n) is 5.91. The summed E-state index contributed by atoms with van der Waals surface area (Å²) in [5.41, 5.74) is 1.03. The van der Waals surface area contributed by atoms with Crippen molar-refractivity contribution in [3.63, 3.8) is 0 Å². The summed E-state index contributed by atoms with van der Waals surface area (Å²) in [7, 11) is -1.98. The fourth-order valence-corrected chi connectivity index (χ4v) is 4.66. The van der Waals surface area contributed by atoms with Crippen molar-refractivity contribution in [1.29, 1.82) is 0 Å². The fourth-order valence-electron chi connectivity index (χ4n) is 3.53. The van der Waals surface area contributed by atoms with Gasteiger partial charge in [0.2, 0.25) is 0 Å². The summed E-state index contributed by atoms with van der Waals surface area (Å²) in [6.07, 6.45) is 2.80. The Balaban J connectivity index is 1.76. The fraction of sp³-hybridized carbons (Fsp3) is 0.600. The quantitative estimate of drug-likeness (QED) is 0.801. The molecule has 0 unspecified atom stereocenters. The van der Waals surface area contributed by atoms with Gasteiger partial charge in [-0.05, 0) is 44.2 Å². The molecule has 0 N–H and O–H groups in total. The van der Waals surface area contributed by atoms with Crippen LogP contribution in [0.3, 0.4) is 0 Å². The standard InChI is InChI=1S/C15H20O4S/c1-10-3-5-12(6-4-10)20(16,17)19-15-9-11-7-13(15)14(8-11)18-2/h3-6,11,13-15H,7-9H2,1-2H3/t11-,13+,14-,15+/m1/s1. The minimum atomic E-state index is -3.67. The molecule has 1 aromatic rings. The Morgan fingerprint density at radius 3 is 2.30 bits per heavy atom. The maximum atomic E-state index is 12.3. The molecule has 20 heavy (non-hydrogen) atoms. The number of ether oxygens (including phenoxy) is 1. The average Bonchev–Trinajstić information content (AvgIpc) is 2.97. The Hall–Kier alpha value is -0.910. The largest absolute Gasteiger partial charge is 0.381 e. The lowest BCUT2D eigenvalue weighted by atomic mass is 9.95. The first-order chi connectivity index (χ1) is 9.49. The molecule has 0 heterocycles. The van der Waals surface area contributed by atoms with Gasteiger partial charge in [-0.15, -0.1) is 0 Å². The van der Waals surface area contributed by atoms with Gasteiger partial charge in [-0.3, -0.25) is 4.18 Å². The molecule has 0 radical (unpaired) electrons. The van der Waals surface area contributed by atoms with Crippen LogP contribution in [0.1, 0.15) is 24.8 Å². The minimum Gasteiger partial charge on any atom is -0.381 e. The van der Waals surface area contributed by atoms with Gasteiger partial charge in [0.15, 0.2) is 0 Å². The molecule has 2 aliphatic carbocycles. The molecule has 2 aliphatic rings. The number of hydrogen-bond donors (Lipinski definition) is 0. The summed E-state index contributed by atoms with van der Waals surface area (Å²) >= 11 is 0. The highest BCUT2D eigenvalue weighted by Gasteiger charge is 2.48. The number of methoxy groups -OCH3 is 1. The van der Waals surface area contributed by atoms with Crippen molar-refractivity contribution < 1.29 is 17.3 Å². The second kappa shape index (κ2) is 5.13. The third-order valence-corrected chi connectivity index (χ3v) is 5.90. The Morgan fingerprint density at radius 1 is 1.05 bits per heavy atom. The summed E-state index contributed by atoms with van der Waals surface area (Å²) in [4.78, 5) is 0.236. The topological polar surface area (TPSA) is 52.6 Å². The van der Waals surface area contributed by atoms with Crippen molar-refractivity contribution >= 4 is 10.1 Å². The van der Waals surface area contributed by atoms with Crippen LogP contribution in [0.25, 0.3) is 0 Å². The van der Waals surface area contributed by atoms with Crippen molar-refractivity contribution in [2.24, 2.45) is 11.8 Å². The van der Waals surface area contributed by atoms with Gasteiger partial charge in [0.1, 0.15) is 0 Å². The minimum absolute atomic E-state index is 0.145. The van der Waals surface area contributed by atoms with Gasteiger partial charge < -0.3 is 4.74 Å². The van der Waals surface area contributed by atoms with E-state index in [2.05, 4.69) is 0 Å². The SMILES string of the molecule is CO[C@@H]1C[C@H]2C[C@@H]1[C@@H](OS(=O)(=O)c1ccc(C)cc1)C2. The highest BCUT2D eigenvalue weighted by molar-refractivity contribution is 7.86. The number of benzene rings is 1. The van der Waals surface area contributed by atoms with E-state index in [1.807, 2.05) is 6.92 Å². The molecular weight excluding hydrogens is 276 g/mol. The van der Waals surface area contributed by atoms with Crippen LogP contribution in [-0.4, -0.2) is 27.7 Å². The lowest BCUT2D eigenvalue weighted by Crippen LogP contribution is -2.33. The van der Waals surface area contributed by atoms with E-state index in [0.29, 0.717) is 5.92 Å². The van der Waals surface area contributed by atoms with E-state index in [4.69, 9.17) is 8.92 Å². The number of aryl methyl sites for hydroxylation is 1. The van der Waals surface area contributed by atoms with Crippen molar-refractivity contribution in [3.8, 4) is 0 Å². The molecule has 3 rings (SSSR count). The monoisotopic (exact) mass is 296 g/mol.